The minimum absolute atomic E-state index is 0.316. The number of aryl methyl sites for hydroxylation is 1. The van der Waals surface area contributed by atoms with Gasteiger partial charge in [0.1, 0.15) is 0 Å². The molecule has 0 aliphatic carbocycles. The van der Waals surface area contributed by atoms with Gasteiger partial charge in [-0.3, -0.25) is 0 Å². The largest absolute Gasteiger partial charge is 0.384 e. The Morgan fingerprint density at radius 2 is 1.81 bits per heavy atom. The molecule has 1 aromatic carbocycles. The standard InChI is InChI=1S/C15H25N/c1-11(2)13-9-7-8-12(3)14(13)16-10-15(4,5)6/h7-9,11,16H,10H2,1-6H3. The molecule has 1 aromatic rings. The van der Waals surface area contributed by atoms with Crippen molar-refractivity contribution in [3.8, 4) is 0 Å². The van der Waals surface area contributed by atoms with Gasteiger partial charge < -0.3 is 5.32 Å². The highest BCUT2D eigenvalue weighted by Gasteiger charge is 2.13. The van der Waals surface area contributed by atoms with E-state index in [0.29, 0.717) is 11.3 Å². The van der Waals surface area contributed by atoms with Crippen LogP contribution in [0.25, 0.3) is 0 Å². The molecule has 16 heavy (non-hydrogen) atoms. The molecule has 0 aromatic heterocycles. The maximum atomic E-state index is 3.60. The first-order chi connectivity index (χ1) is 7.31. The molecule has 1 nitrogen and oxygen atoms in total. The molecule has 0 unspecified atom stereocenters. The number of hydrogen-bond donors (Lipinski definition) is 1. The molecule has 0 amide bonds. The third-order valence-corrected chi connectivity index (χ3v) is 2.72. The lowest BCUT2D eigenvalue weighted by atomic mass is 9.94. The van der Waals surface area contributed by atoms with Gasteiger partial charge in [-0.25, -0.2) is 0 Å². The lowest BCUT2D eigenvalue weighted by Gasteiger charge is -2.23. The highest BCUT2D eigenvalue weighted by molar-refractivity contribution is 5.58. The third kappa shape index (κ3) is 3.55. The van der Waals surface area contributed by atoms with E-state index in [2.05, 4.69) is 65.1 Å². The van der Waals surface area contributed by atoms with Crippen LogP contribution in [0, 0.1) is 12.3 Å². The number of nitrogens with one attached hydrogen (secondary N) is 1. The third-order valence-electron chi connectivity index (χ3n) is 2.72. The second-order valence-corrected chi connectivity index (χ2v) is 6.11. The molecule has 1 rings (SSSR count). The summed E-state index contributed by atoms with van der Waals surface area (Å²) >= 11 is 0. The zero-order valence-corrected chi connectivity index (χ0v) is 11.5. The predicted octanol–water partition coefficient (Wildman–Crippen LogP) is 4.58. The number of anilines is 1. The summed E-state index contributed by atoms with van der Waals surface area (Å²) in [4.78, 5) is 0. The lowest BCUT2D eigenvalue weighted by Crippen LogP contribution is -2.20. The molecule has 0 aliphatic rings. The quantitative estimate of drug-likeness (QED) is 0.785. The van der Waals surface area contributed by atoms with E-state index in [1.165, 1.54) is 16.8 Å². The van der Waals surface area contributed by atoms with Gasteiger partial charge in [-0.05, 0) is 29.4 Å². The smallest absolute Gasteiger partial charge is 0.0405 e. The van der Waals surface area contributed by atoms with E-state index in [1.54, 1.807) is 0 Å². The van der Waals surface area contributed by atoms with Crippen molar-refractivity contribution in [3.05, 3.63) is 29.3 Å². The van der Waals surface area contributed by atoms with Crippen LogP contribution < -0.4 is 5.32 Å². The summed E-state index contributed by atoms with van der Waals surface area (Å²) in [6.07, 6.45) is 0. The molecule has 0 spiro atoms. The highest BCUT2D eigenvalue weighted by atomic mass is 14.9. The zero-order chi connectivity index (χ0) is 12.3. The first-order valence-corrected chi connectivity index (χ1v) is 6.14. The lowest BCUT2D eigenvalue weighted by molar-refractivity contribution is 0.442. The average Bonchev–Trinajstić information content (AvgIpc) is 2.13. The second-order valence-electron chi connectivity index (χ2n) is 6.11. The number of para-hydroxylation sites is 1. The van der Waals surface area contributed by atoms with Crippen LogP contribution in [0.2, 0.25) is 0 Å². The monoisotopic (exact) mass is 219 g/mol. The molecule has 0 aliphatic heterocycles. The second kappa shape index (κ2) is 4.90. The normalized spacial score (nSPS) is 11.9. The van der Waals surface area contributed by atoms with Gasteiger partial charge in [-0.15, -0.1) is 0 Å². The van der Waals surface area contributed by atoms with Crippen LogP contribution in [-0.2, 0) is 0 Å². The van der Waals surface area contributed by atoms with Crippen molar-refractivity contribution < 1.29 is 0 Å². The first kappa shape index (κ1) is 13.1. The number of hydrogen-bond acceptors (Lipinski definition) is 1. The van der Waals surface area contributed by atoms with Crippen molar-refractivity contribution in [2.75, 3.05) is 11.9 Å². The van der Waals surface area contributed by atoms with Crippen LogP contribution in [0.1, 0.15) is 51.7 Å². The van der Waals surface area contributed by atoms with Gasteiger partial charge >= 0.3 is 0 Å². The molecule has 0 atom stereocenters. The van der Waals surface area contributed by atoms with Crippen LogP contribution in [-0.4, -0.2) is 6.54 Å². The van der Waals surface area contributed by atoms with Gasteiger partial charge in [-0.1, -0.05) is 52.8 Å². The Morgan fingerprint density at radius 3 is 2.31 bits per heavy atom. The summed E-state index contributed by atoms with van der Waals surface area (Å²) < 4.78 is 0. The van der Waals surface area contributed by atoms with E-state index in [1.807, 2.05) is 0 Å². The molecule has 1 N–H and O–H groups in total. The van der Waals surface area contributed by atoms with Gasteiger partial charge in [0, 0.05) is 12.2 Å². The molecule has 0 heterocycles. The van der Waals surface area contributed by atoms with Crippen LogP contribution in [0.4, 0.5) is 5.69 Å². The Bertz CT molecular complexity index is 345. The van der Waals surface area contributed by atoms with Crippen LogP contribution in [0.5, 0.6) is 0 Å². The van der Waals surface area contributed by atoms with Crippen molar-refractivity contribution in [2.24, 2.45) is 5.41 Å². The van der Waals surface area contributed by atoms with Gasteiger partial charge in [0.05, 0.1) is 0 Å². The summed E-state index contributed by atoms with van der Waals surface area (Å²) in [5.41, 5.74) is 4.41. The number of benzene rings is 1. The fraction of sp³-hybridized carbons (Fsp3) is 0.600. The van der Waals surface area contributed by atoms with E-state index in [9.17, 15) is 0 Å². The number of rotatable bonds is 3. The van der Waals surface area contributed by atoms with Gasteiger partial charge in [-0.2, -0.15) is 0 Å². The summed E-state index contributed by atoms with van der Waals surface area (Å²) in [6.45, 7) is 14.5. The van der Waals surface area contributed by atoms with Gasteiger partial charge in [0.15, 0.2) is 0 Å². The fourth-order valence-electron chi connectivity index (χ4n) is 1.77. The molecule has 0 saturated carbocycles. The molecule has 90 valence electrons. The molecule has 0 saturated heterocycles. The Hall–Kier alpha value is -0.980. The van der Waals surface area contributed by atoms with E-state index in [0.717, 1.165) is 6.54 Å². The highest BCUT2D eigenvalue weighted by Crippen LogP contribution is 2.28. The molecule has 0 radical (unpaired) electrons. The van der Waals surface area contributed by atoms with Crippen molar-refractivity contribution in [3.63, 3.8) is 0 Å². The molecular weight excluding hydrogens is 194 g/mol. The maximum Gasteiger partial charge on any atom is 0.0405 e. The summed E-state index contributed by atoms with van der Waals surface area (Å²) in [6, 6.07) is 6.55. The van der Waals surface area contributed by atoms with Crippen molar-refractivity contribution in [1.29, 1.82) is 0 Å². The molecular formula is C15H25N. The van der Waals surface area contributed by atoms with E-state index in [4.69, 9.17) is 0 Å². The summed E-state index contributed by atoms with van der Waals surface area (Å²) in [7, 11) is 0. The predicted molar refractivity (Wildman–Crippen MR) is 73.2 cm³/mol. The Balaban J connectivity index is 2.93. The van der Waals surface area contributed by atoms with Crippen LogP contribution >= 0.6 is 0 Å². The zero-order valence-electron chi connectivity index (χ0n) is 11.5. The van der Waals surface area contributed by atoms with Crippen LogP contribution in [0.3, 0.4) is 0 Å². The minimum atomic E-state index is 0.316. The Morgan fingerprint density at radius 1 is 1.19 bits per heavy atom. The van der Waals surface area contributed by atoms with Crippen molar-refractivity contribution in [2.45, 2.75) is 47.5 Å². The first-order valence-electron chi connectivity index (χ1n) is 6.14. The average molecular weight is 219 g/mol. The van der Waals surface area contributed by atoms with Crippen molar-refractivity contribution >= 4 is 5.69 Å². The van der Waals surface area contributed by atoms with E-state index in [-0.39, 0.29) is 0 Å². The minimum Gasteiger partial charge on any atom is -0.384 e. The maximum absolute atomic E-state index is 3.60. The molecule has 0 bridgehead atoms. The topological polar surface area (TPSA) is 12.0 Å². The molecule has 0 fully saturated rings. The van der Waals surface area contributed by atoms with Gasteiger partial charge in [0.25, 0.3) is 0 Å². The van der Waals surface area contributed by atoms with Gasteiger partial charge in [0.2, 0.25) is 0 Å². The van der Waals surface area contributed by atoms with Crippen molar-refractivity contribution in [1.82, 2.24) is 0 Å². The fourth-order valence-corrected chi connectivity index (χ4v) is 1.77. The van der Waals surface area contributed by atoms with E-state index >= 15 is 0 Å². The Kier molecular flexibility index (Phi) is 4.01. The van der Waals surface area contributed by atoms with E-state index < -0.39 is 0 Å². The molecule has 1 heteroatoms. The SMILES string of the molecule is Cc1cccc(C(C)C)c1NCC(C)(C)C. The Labute approximate surface area is 100 Å². The van der Waals surface area contributed by atoms with Crippen LogP contribution in [0.15, 0.2) is 18.2 Å². The summed E-state index contributed by atoms with van der Waals surface area (Å²) in [5, 5.41) is 3.60. The summed E-state index contributed by atoms with van der Waals surface area (Å²) in [5.74, 6) is 0.572.